The molecule has 0 bridgehead atoms. The molecule has 0 radical (unpaired) electrons. The van der Waals surface area contributed by atoms with Crippen molar-refractivity contribution in [1.82, 2.24) is 9.80 Å². The molecule has 2 fully saturated rings. The topological polar surface area (TPSA) is 85.1 Å². The molecule has 2 aliphatic heterocycles. The van der Waals surface area contributed by atoms with E-state index >= 15 is 0 Å². The van der Waals surface area contributed by atoms with Gasteiger partial charge in [-0.15, -0.1) is 12.4 Å². The summed E-state index contributed by atoms with van der Waals surface area (Å²) < 4.78 is 24.2. The summed E-state index contributed by atoms with van der Waals surface area (Å²) >= 11 is 0. The van der Waals surface area contributed by atoms with E-state index in [0.717, 1.165) is 12.8 Å². The highest BCUT2D eigenvalue weighted by molar-refractivity contribution is 5.85. The largest absolute Gasteiger partial charge is 0.491 e. The maximum Gasteiger partial charge on any atom is 0.248 e. The van der Waals surface area contributed by atoms with E-state index in [1.54, 1.807) is 30.9 Å². The first-order chi connectivity index (χ1) is 13.2. The van der Waals surface area contributed by atoms with Crippen LogP contribution in [-0.2, 0) is 14.3 Å². The molecule has 1 aromatic rings. The van der Waals surface area contributed by atoms with E-state index in [1.807, 2.05) is 4.90 Å². The van der Waals surface area contributed by atoms with Crippen LogP contribution in [0.15, 0.2) is 24.3 Å². The molecule has 0 aliphatic carbocycles. The molecule has 0 spiro atoms. The number of nitrogens with zero attached hydrogens (tertiary/aromatic N) is 2. The number of carbonyl (C=O) groups excluding carboxylic acids is 2. The maximum absolute atomic E-state index is 13.0. The Hall–Kier alpha value is -1.90. The lowest BCUT2D eigenvalue weighted by Crippen LogP contribution is -2.58. The van der Waals surface area contributed by atoms with Crippen molar-refractivity contribution in [3.05, 3.63) is 30.1 Å². The second-order valence-electron chi connectivity index (χ2n) is 7.99. The van der Waals surface area contributed by atoms with Gasteiger partial charge in [0.15, 0.2) is 0 Å². The zero-order chi connectivity index (χ0) is 20.3. The third kappa shape index (κ3) is 6.04. The number of ether oxygens (including phenoxy) is 2. The van der Waals surface area contributed by atoms with Gasteiger partial charge in [-0.25, -0.2) is 4.39 Å². The van der Waals surface area contributed by atoms with Crippen molar-refractivity contribution in [3.63, 3.8) is 0 Å². The van der Waals surface area contributed by atoms with Crippen molar-refractivity contribution in [2.45, 2.75) is 44.4 Å². The third-order valence-corrected chi connectivity index (χ3v) is 5.16. The van der Waals surface area contributed by atoms with Gasteiger partial charge in [-0.1, -0.05) is 0 Å². The molecule has 2 heterocycles. The Balaban J connectivity index is 0.00000300. The Bertz CT molecular complexity index is 703. The van der Waals surface area contributed by atoms with Crippen molar-refractivity contribution in [1.29, 1.82) is 0 Å². The predicted octanol–water partition coefficient (Wildman–Crippen LogP) is 1.58. The number of morpholine rings is 1. The van der Waals surface area contributed by atoms with Crippen LogP contribution in [0, 0.1) is 5.82 Å². The molecule has 2 amide bonds. The van der Waals surface area contributed by atoms with Gasteiger partial charge in [-0.2, -0.15) is 0 Å². The minimum atomic E-state index is -0.885. The molecule has 0 saturated carbocycles. The minimum absolute atomic E-state index is 0. The Kier molecular flexibility index (Phi) is 7.85. The number of piperidine rings is 1. The molecule has 7 nitrogen and oxygen atoms in total. The fourth-order valence-electron chi connectivity index (χ4n) is 3.61. The van der Waals surface area contributed by atoms with Gasteiger partial charge in [0, 0.05) is 19.1 Å². The minimum Gasteiger partial charge on any atom is -0.491 e. The molecule has 29 heavy (non-hydrogen) atoms. The van der Waals surface area contributed by atoms with Gasteiger partial charge in [-0.3, -0.25) is 9.59 Å². The van der Waals surface area contributed by atoms with Crippen molar-refractivity contribution in [2.24, 2.45) is 5.73 Å². The van der Waals surface area contributed by atoms with Crippen LogP contribution < -0.4 is 10.5 Å². The maximum atomic E-state index is 13.0. The third-order valence-electron chi connectivity index (χ3n) is 5.16. The Labute approximate surface area is 176 Å². The first-order valence-electron chi connectivity index (χ1n) is 9.62. The lowest BCUT2D eigenvalue weighted by Gasteiger charge is -2.43. The molecule has 162 valence electrons. The molecule has 0 aromatic heterocycles. The van der Waals surface area contributed by atoms with Crippen molar-refractivity contribution >= 4 is 24.2 Å². The molecule has 2 N–H and O–H groups in total. The molecule has 9 heteroatoms. The summed E-state index contributed by atoms with van der Waals surface area (Å²) in [5.74, 6) is 0.136. The zero-order valence-electron chi connectivity index (χ0n) is 16.8. The number of hydrogen-bond acceptors (Lipinski definition) is 5. The molecule has 3 rings (SSSR count). The van der Waals surface area contributed by atoms with Crippen LogP contribution in [-0.4, -0.2) is 72.1 Å². The fraction of sp³-hybridized carbons (Fsp3) is 0.600. The van der Waals surface area contributed by atoms with Crippen LogP contribution in [0.25, 0.3) is 0 Å². The van der Waals surface area contributed by atoms with Crippen molar-refractivity contribution in [3.8, 4) is 5.75 Å². The Morgan fingerprint density at radius 1 is 1.28 bits per heavy atom. The van der Waals surface area contributed by atoms with Gasteiger partial charge in [-0.05, 0) is 51.0 Å². The van der Waals surface area contributed by atoms with E-state index in [0.29, 0.717) is 25.4 Å². The molecule has 1 atom stereocenters. The number of amides is 2. The summed E-state index contributed by atoms with van der Waals surface area (Å²) in [6.45, 7) is 5.34. The van der Waals surface area contributed by atoms with E-state index in [4.69, 9.17) is 15.2 Å². The summed E-state index contributed by atoms with van der Waals surface area (Å²) in [5.41, 5.74) is 5.03. The van der Waals surface area contributed by atoms with Crippen LogP contribution >= 0.6 is 12.4 Å². The Morgan fingerprint density at radius 2 is 1.90 bits per heavy atom. The highest BCUT2D eigenvalue weighted by atomic mass is 35.5. The number of nitrogens with two attached hydrogens (primary N) is 1. The van der Waals surface area contributed by atoms with Gasteiger partial charge in [0.2, 0.25) is 11.8 Å². The van der Waals surface area contributed by atoms with E-state index in [2.05, 4.69) is 0 Å². The van der Waals surface area contributed by atoms with E-state index in [9.17, 15) is 14.0 Å². The summed E-state index contributed by atoms with van der Waals surface area (Å²) in [6, 6.07) is 5.88. The first-order valence-corrected chi connectivity index (χ1v) is 9.62. The molecule has 1 unspecified atom stereocenters. The highest BCUT2D eigenvalue weighted by Gasteiger charge is 2.36. The molecule has 1 aromatic carbocycles. The van der Waals surface area contributed by atoms with Gasteiger partial charge in [0.05, 0.1) is 12.1 Å². The highest BCUT2D eigenvalue weighted by Crippen LogP contribution is 2.22. The number of hydrogen-bond donors (Lipinski definition) is 1. The van der Waals surface area contributed by atoms with Gasteiger partial charge in [0.25, 0.3) is 0 Å². The number of benzene rings is 1. The van der Waals surface area contributed by atoms with Crippen LogP contribution in [0.4, 0.5) is 4.39 Å². The molecular formula is C20H29ClFN3O4. The van der Waals surface area contributed by atoms with E-state index in [1.165, 1.54) is 12.1 Å². The van der Waals surface area contributed by atoms with E-state index in [-0.39, 0.29) is 55.4 Å². The van der Waals surface area contributed by atoms with Gasteiger partial charge < -0.3 is 25.0 Å². The fourth-order valence-corrected chi connectivity index (χ4v) is 3.61. The smallest absolute Gasteiger partial charge is 0.248 e. The normalized spacial score (nSPS) is 21.0. The summed E-state index contributed by atoms with van der Waals surface area (Å²) in [5, 5.41) is 0. The monoisotopic (exact) mass is 429 g/mol. The lowest BCUT2D eigenvalue weighted by molar-refractivity contribution is -0.156. The first kappa shape index (κ1) is 23.4. The van der Waals surface area contributed by atoms with Gasteiger partial charge >= 0.3 is 0 Å². The molecule has 2 aliphatic rings. The molecular weight excluding hydrogens is 401 g/mol. The SMILES string of the molecule is CC(C)(N)C(=O)N1CCC(N2CC(COc3ccc(F)cc3)OCC2=O)CC1.Cl. The van der Waals surface area contributed by atoms with Crippen LogP contribution in [0.1, 0.15) is 26.7 Å². The standard InChI is InChI=1S/C20H28FN3O4.ClH/c1-20(2,22)19(26)23-9-7-15(8-10-23)24-11-17(28-13-18(24)25)12-27-16-5-3-14(21)4-6-16;/h3-6,15,17H,7-13,22H2,1-2H3;1H. The second-order valence-corrected chi connectivity index (χ2v) is 7.99. The van der Waals surface area contributed by atoms with Crippen LogP contribution in [0.2, 0.25) is 0 Å². The lowest BCUT2D eigenvalue weighted by atomic mass is 9.98. The molecule has 2 saturated heterocycles. The van der Waals surface area contributed by atoms with Crippen molar-refractivity contribution in [2.75, 3.05) is 32.8 Å². The van der Waals surface area contributed by atoms with Crippen LogP contribution in [0.3, 0.4) is 0 Å². The predicted molar refractivity (Wildman–Crippen MR) is 108 cm³/mol. The quantitative estimate of drug-likeness (QED) is 0.768. The Morgan fingerprint density at radius 3 is 2.48 bits per heavy atom. The number of rotatable bonds is 5. The summed E-state index contributed by atoms with van der Waals surface area (Å²) in [4.78, 5) is 28.3. The average Bonchev–Trinajstić information content (AvgIpc) is 2.67. The number of halogens is 2. The van der Waals surface area contributed by atoms with Crippen LogP contribution in [0.5, 0.6) is 5.75 Å². The van der Waals surface area contributed by atoms with E-state index < -0.39 is 5.54 Å². The second kappa shape index (κ2) is 9.73. The summed E-state index contributed by atoms with van der Waals surface area (Å²) in [7, 11) is 0. The van der Waals surface area contributed by atoms with Crippen molar-refractivity contribution < 1.29 is 23.5 Å². The number of likely N-dealkylation sites (tertiary alicyclic amines) is 1. The number of carbonyl (C=O) groups is 2. The average molecular weight is 430 g/mol. The van der Waals surface area contributed by atoms with Gasteiger partial charge in [0.1, 0.15) is 30.9 Å². The zero-order valence-corrected chi connectivity index (χ0v) is 17.6. The summed E-state index contributed by atoms with van der Waals surface area (Å²) in [6.07, 6.45) is 1.20.